The number of rotatable bonds is 6. The molecule has 37 heavy (non-hydrogen) atoms. The number of nitrogens with one attached hydrogen (secondary N) is 2. The first kappa shape index (κ1) is 24.8. The van der Waals surface area contributed by atoms with Crippen molar-refractivity contribution >= 4 is 40.8 Å². The standard InChI is InChI=1S/C27H23Cl2N5O3/c28-21-8-6-16(11-22(21)29)14-31-27(37)34-24(17-3-1-4-17)13-23(33-34)20-12-19(7-9-25(20)35)32-26(36)18-5-2-10-30-15-18/h2,5-13,15,17,35H,1,3-4,14H2,(H,31,37)(H,32,36). The Bertz CT molecular complexity index is 1470. The number of amides is 2. The third-order valence-electron chi connectivity index (χ3n) is 6.33. The van der Waals surface area contributed by atoms with Crippen LogP contribution in [0.3, 0.4) is 0 Å². The van der Waals surface area contributed by atoms with Gasteiger partial charge in [-0.25, -0.2) is 4.79 Å². The number of hydrogen-bond donors (Lipinski definition) is 3. The maximum Gasteiger partial charge on any atom is 0.342 e. The molecule has 0 bridgehead atoms. The van der Waals surface area contributed by atoms with Crippen molar-refractivity contribution in [2.24, 2.45) is 0 Å². The van der Waals surface area contributed by atoms with Gasteiger partial charge < -0.3 is 15.7 Å². The van der Waals surface area contributed by atoms with Gasteiger partial charge in [0.05, 0.1) is 27.0 Å². The molecule has 3 N–H and O–H groups in total. The summed E-state index contributed by atoms with van der Waals surface area (Å²) in [4.78, 5) is 29.7. The molecule has 2 heterocycles. The van der Waals surface area contributed by atoms with Crippen LogP contribution in [0.25, 0.3) is 11.3 Å². The van der Waals surface area contributed by atoms with Crippen LogP contribution in [-0.2, 0) is 6.54 Å². The smallest absolute Gasteiger partial charge is 0.342 e. The van der Waals surface area contributed by atoms with Gasteiger partial charge in [0.1, 0.15) is 5.75 Å². The van der Waals surface area contributed by atoms with Crippen molar-refractivity contribution in [2.75, 3.05) is 5.32 Å². The number of carbonyl (C=O) groups excluding carboxylic acids is 2. The molecule has 2 amide bonds. The summed E-state index contributed by atoms with van der Waals surface area (Å²) in [5, 5.41) is 21.7. The summed E-state index contributed by atoms with van der Waals surface area (Å²) < 4.78 is 1.36. The second-order valence-electron chi connectivity index (χ2n) is 8.83. The zero-order valence-corrected chi connectivity index (χ0v) is 21.1. The Hall–Kier alpha value is -3.88. The van der Waals surface area contributed by atoms with Crippen LogP contribution in [0.2, 0.25) is 10.0 Å². The van der Waals surface area contributed by atoms with Gasteiger partial charge in [0.2, 0.25) is 0 Å². The average Bonchev–Trinajstić information content (AvgIpc) is 3.29. The molecule has 188 valence electrons. The Morgan fingerprint density at radius 3 is 2.59 bits per heavy atom. The summed E-state index contributed by atoms with van der Waals surface area (Å²) in [6.45, 7) is 0.246. The molecular weight excluding hydrogens is 513 g/mol. The molecule has 1 aliphatic rings. The predicted octanol–water partition coefficient (Wildman–Crippen LogP) is 6.24. The van der Waals surface area contributed by atoms with Crippen LogP contribution in [0.15, 0.2) is 67.0 Å². The monoisotopic (exact) mass is 535 g/mol. The van der Waals surface area contributed by atoms with Gasteiger partial charge in [-0.2, -0.15) is 9.78 Å². The minimum atomic E-state index is -0.389. The number of carbonyl (C=O) groups is 2. The van der Waals surface area contributed by atoms with Gasteiger partial charge in [-0.3, -0.25) is 9.78 Å². The third kappa shape index (κ3) is 5.45. The fraction of sp³-hybridized carbons (Fsp3) is 0.185. The average molecular weight is 536 g/mol. The van der Waals surface area contributed by atoms with Crippen molar-refractivity contribution in [1.29, 1.82) is 0 Å². The van der Waals surface area contributed by atoms with Gasteiger partial charge >= 0.3 is 6.03 Å². The first-order valence-corrected chi connectivity index (χ1v) is 12.5. The molecule has 1 fully saturated rings. The Morgan fingerprint density at radius 2 is 1.89 bits per heavy atom. The molecule has 0 aliphatic heterocycles. The highest BCUT2D eigenvalue weighted by molar-refractivity contribution is 6.42. The van der Waals surface area contributed by atoms with Crippen LogP contribution in [0, 0.1) is 0 Å². The maximum absolute atomic E-state index is 13.1. The van der Waals surface area contributed by atoms with E-state index in [1.807, 2.05) is 6.07 Å². The van der Waals surface area contributed by atoms with Gasteiger partial charge in [0.15, 0.2) is 0 Å². The van der Waals surface area contributed by atoms with Crippen LogP contribution in [-0.4, -0.2) is 31.8 Å². The van der Waals surface area contributed by atoms with E-state index in [0.717, 1.165) is 30.5 Å². The molecule has 0 unspecified atom stereocenters. The molecular formula is C27H23Cl2N5O3. The first-order chi connectivity index (χ1) is 17.9. The summed E-state index contributed by atoms with van der Waals surface area (Å²) in [5.41, 5.74) is 3.30. The Balaban J connectivity index is 1.40. The molecule has 0 spiro atoms. The first-order valence-electron chi connectivity index (χ1n) is 11.8. The highest BCUT2D eigenvalue weighted by Crippen LogP contribution is 2.39. The van der Waals surface area contributed by atoms with Crippen LogP contribution >= 0.6 is 23.2 Å². The van der Waals surface area contributed by atoms with Crippen molar-refractivity contribution in [3.05, 3.63) is 93.9 Å². The number of nitrogens with zero attached hydrogens (tertiary/aromatic N) is 3. The van der Waals surface area contributed by atoms with Crippen LogP contribution in [0.5, 0.6) is 5.75 Å². The minimum Gasteiger partial charge on any atom is -0.507 e. The maximum atomic E-state index is 13.1. The lowest BCUT2D eigenvalue weighted by molar-refractivity contribution is 0.102. The summed E-state index contributed by atoms with van der Waals surface area (Å²) in [7, 11) is 0. The molecule has 0 saturated heterocycles. The van der Waals surface area contributed by atoms with Crippen molar-refractivity contribution in [1.82, 2.24) is 20.1 Å². The van der Waals surface area contributed by atoms with Gasteiger partial charge in [0, 0.05) is 36.1 Å². The number of phenolic OH excluding ortho intramolecular Hbond substituents is 1. The van der Waals surface area contributed by atoms with E-state index < -0.39 is 0 Å². The number of pyridine rings is 1. The lowest BCUT2D eigenvalue weighted by atomic mass is 9.82. The van der Waals surface area contributed by atoms with E-state index in [4.69, 9.17) is 23.2 Å². The fourth-order valence-corrected chi connectivity index (χ4v) is 4.43. The molecule has 10 heteroatoms. The summed E-state index contributed by atoms with van der Waals surface area (Å²) >= 11 is 12.1. The van der Waals surface area contributed by atoms with E-state index in [-0.39, 0.29) is 30.2 Å². The van der Waals surface area contributed by atoms with Crippen molar-refractivity contribution < 1.29 is 14.7 Å². The minimum absolute atomic E-state index is 0.0135. The number of aromatic nitrogens is 3. The van der Waals surface area contributed by atoms with Crippen LogP contribution < -0.4 is 10.6 Å². The molecule has 0 atom stereocenters. The summed E-state index contributed by atoms with van der Waals surface area (Å²) in [5.74, 6) is -0.139. The quantitative estimate of drug-likeness (QED) is 0.253. The zero-order valence-electron chi connectivity index (χ0n) is 19.6. The van der Waals surface area contributed by atoms with Gasteiger partial charge in [-0.1, -0.05) is 35.7 Å². The predicted molar refractivity (Wildman–Crippen MR) is 142 cm³/mol. The Morgan fingerprint density at radius 1 is 1.05 bits per heavy atom. The molecule has 1 aliphatic carbocycles. The number of benzene rings is 2. The molecule has 2 aromatic heterocycles. The molecule has 0 radical (unpaired) electrons. The molecule has 4 aromatic rings. The van der Waals surface area contributed by atoms with E-state index in [0.29, 0.717) is 32.6 Å². The summed E-state index contributed by atoms with van der Waals surface area (Å²) in [6, 6.07) is 14.7. The van der Waals surface area contributed by atoms with E-state index in [9.17, 15) is 14.7 Å². The normalized spacial score (nSPS) is 13.1. The van der Waals surface area contributed by atoms with Gasteiger partial charge in [0.25, 0.3) is 5.91 Å². The number of phenols is 1. The van der Waals surface area contributed by atoms with Gasteiger partial charge in [-0.15, -0.1) is 0 Å². The SMILES string of the molecule is O=C(Nc1ccc(O)c(-c2cc(C3CCC3)n(C(=O)NCc3ccc(Cl)c(Cl)c3)n2)c1)c1cccnc1. The second kappa shape index (κ2) is 10.6. The van der Waals surface area contributed by atoms with Crippen molar-refractivity contribution in [3.63, 3.8) is 0 Å². The lowest BCUT2D eigenvalue weighted by Crippen LogP contribution is -2.31. The lowest BCUT2D eigenvalue weighted by Gasteiger charge is -2.25. The molecule has 1 saturated carbocycles. The Labute approximate surface area is 223 Å². The van der Waals surface area contributed by atoms with E-state index in [1.165, 1.54) is 16.9 Å². The van der Waals surface area contributed by atoms with Crippen molar-refractivity contribution in [3.8, 4) is 17.0 Å². The molecule has 5 rings (SSSR count). The fourth-order valence-electron chi connectivity index (χ4n) is 4.11. The summed E-state index contributed by atoms with van der Waals surface area (Å²) in [6.07, 6.45) is 6.06. The van der Waals surface area contributed by atoms with Crippen LogP contribution in [0.1, 0.15) is 46.8 Å². The highest BCUT2D eigenvalue weighted by atomic mass is 35.5. The molecule has 8 nitrogen and oxygen atoms in total. The number of aromatic hydroxyl groups is 1. The van der Waals surface area contributed by atoms with E-state index in [1.54, 1.807) is 48.7 Å². The topological polar surface area (TPSA) is 109 Å². The number of hydrogen-bond acceptors (Lipinski definition) is 5. The van der Waals surface area contributed by atoms with Crippen molar-refractivity contribution in [2.45, 2.75) is 31.7 Å². The molecule has 2 aromatic carbocycles. The van der Waals surface area contributed by atoms with Gasteiger partial charge in [-0.05, 0) is 66.9 Å². The third-order valence-corrected chi connectivity index (χ3v) is 7.07. The highest BCUT2D eigenvalue weighted by Gasteiger charge is 2.27. The van der Waals surface area contributed by atoms with E-state index >= 15 is 0 Å². The largest absolute Gasteiger partial charge is 0.507 e. The number of anilines is 1. The number of halogens is 2. The van der Waals surface area contributed by atoms with E-state index in [2.05, 4.69) is 20.7 Å². The second-order valence-corrected chi connectivity index (χ2v) is 9.64. The Kier molecular flexibility index (Phi) is 7.12. The zero-order chi connectivity index (χ0) is 25.9. The van der Waals surface area contributed by atoms with Crippen LogP contribution in [0.4, 0.5) is 10.5 Å².